The number of fused-ring (bicyclic) bond motifs is 1. The number of urea groups is 1. The number of aromatic nitrogens is 3. The van der Waals surface area contributed by atoms with Gasteiger partial charge in [0, 0.05) is 40.0 Å². The lowest BCUT2D eigenvalue weighted by Crippen LogP contribution is -2.51. The first-order chi connectivity index (χ1) is 16.2. The Kier molecular flexibility index (Phi) is 8.61. The van der Waals surface area contributed by atoms with Gasteiger partial charge in [0.15, 0.2) is 11.5 Å². The highest BCUT2D eigenvalue weighted by molar-refractivity contribution is 7.89. The maximum absolute atomic E-state index is 12.7. The maximum Gasteiger partial charge on any atom is 0.320 e. The standard InChI is InChI=1S/C23H40N6O4SSi/c1-23(2,3)16-34(31,32)29-10-7-8-18(15-29)25-22(30)27-20-14-24-21-19(26-20)9-11-28(21)17-33-12-13-35(4,5)6/h9,11,14,18H,7-8,10,12-13,15-17H2,1-6H3,(H2,25,26,27,30). The molecular weight excluding hydrogens is 484 g/mol. The number of carbonyl (C=O) groups excluding carboxylic acids is 1. The second-order valence-electron chi connectivity index (χ2n) is 11.7. The number of nitrogens with one attached hydrogen (secondary N) is 2. The predicted molar refractivity (Wildman–Crippen MR) is 142 cm³/mol. The van der Waals surface area contributed by atoms with Gasteiger partial charge in [0.25, 0.3) is 0 Å². The van der Waals surface area contributed by atoms with Crippen LogP contribution in [-0.4, -0.2) is 72.9 Å². The van der Waals surface area contributed by atoms with Crippen molar-refractivity contribution < 1.29 is 17.9 Å². The molecule has 10 nitrogen and oxygen atoms in total. The summed E-state index contributed by atoms with van der Waals surface area (Å²) in [5, 5.41) is 5.61. The fourth-order valence-corrected chi connectivity index (χ4v) is 6.80. The molecule has 0 spiro atoms. The molecule has 0 aliphatic carbocycles. The van der Waals surface area contributed by atoms with Gasteiger partial charge in [-0.3, -0.25) is 5.32 Å². The summed E-state index contributed by atoms with van der Waals surface area (Å²) < 4.78 is 34.7. The van der Waals surface area contributed by atoms with E-state index in [1.54, 1.807) is 0 Å². The number of ether oxygens (including phenoxy) is 1. The summed E-state index contributed by atoms with van der Waals surface area (Å²) in [4.78, 5) is 21.5. The van der Waals surface area contributed by atoms with Gasteiger partial charge in [-0.05, 0) is 30.4 Å². The Labute approximate surface area is 209 Å². The Morgan fingerprint density at radius 3 is 2.71 bits per heavy atom. The van der Waals surface area contributed by atoms with Gasteiger partial charge in [0.1, 0.15) is 12.2 Å². The highest BCUT2D eigenvalue weighted by Gasteiger charge is 2.32. The number of rotatable bonds is 9. The van der Waals surface area contributed by atoms with E-state index in [1.165, 1.54) is 10.5 Å². The van der Waals surface area contributed by atoms with Crippen molar-refractivity contribution in [2.24, 2.45) is 5.41 Å². The second kappa shape index (κ2) is 10.9. The monoisotopic (exact) mass is 524 g/mol. The summed E-state index contributed by atoms with van der Waals surface area (Å²) in [7, 11) is -4.51. The van der Waals surface area contributed by atoms with Crippen molar-refractivity contribution in [3.63, 3.8) is 0 Å². The Morgan fingerprint density at radius 2 is 2.03 bits per heavy atom. The lowest BCUT2D eigenvalue weighted by atomic mass is 10.0. The van der Waals surface area contributed by atoms with E-state index in [2.05, 4.69) is 40.2 Å². The van der Waals surface area contributed by atoms with E-state index in [9.17, 15) is 13.2 Å². The highest BCUT2D eigenvalue weighted by atomic mass is 32.2. The molecule has 1 saturated heterocycles. The average molecular weight is 525 g/mol. The molecule has 0 radical (unpaired) electrons. The molecule has 0 saturated carbocycles. The summed E-state index contributed by atoms with van der Waals surface area (Å²) in [5.74, 6) is 0.415. The molecule has 0 bridgehead atoms. The van der Waals surface area contributed by atoms with Gasteiger partial charge in [-0.1, -0.05) is 40.4 Å². The van der Waals surface area contributed by atoms with Crippen LogP contribution in [0.15, 0.2) is 18.5 Å². The Morgan fingerprint density at radius 1 is 1.29 bits per heavy atom. The zero-order valence-corrected chi connectivity index (χ0v) is 23.6. The fourth-order valence-electron chi connectivity index (χ4n) is 3.96. The quantitative estimate of drug-likeness (QED) is 0.381. The number of sulfonamides is 1. The molecule has 1 aliphatic rings. The second-order valence-corrected chi connectivity index (χ2v) is 19.3. The number of anilines is 1. The number of carbonyl (C=O) groups is 1. The highest BCUT2D eigenvalue weighted by Crippen LogP contribution is 2.22. The van der Waals surface area contributed by atoms with Crippen LogP contribution in [0.1, 0.15) is 33.6 Å². The maximum atomic E-state index is 12.7. The van der Waals surface area contributed by atoms with Gasteiger partial charge in [0.2, 0.25) is 10.0 Å². The minimum absolute atomic E-state index is 0.0809. The molecule has 1 atom stereocenters. The van der Waals surface area contributed by atoms with Gasteiger partial charge in [-0.25, -0.2) is 23.2 Å². The molecule has 1 aliphatic heterocycles. The van der Waals surface area contributed by atoms with E-state index in [0.717, 1.165) is 19.1 Å². The van der Waals surface area contributed by atoms with Crippen LogP contribution in [0.3, 0.4) is 0 Å². The third kappa shape index (κ3) is 8.55. The third-order valence-electron chi connectivity index (χ3n) is 5.66. The third-order valence-corrected chi connectivity index (χ3v) is 9.71. The molecule has 2 amide bonds. The molecule has 35 heavy (non-hydrogen) atoms. The van der Waals surface area contributed by atoms with E-state index in [4.69, 9.17) is 4.74 Å². The lowest BCUT2D eigenvalue weighted by molar-refractivity contribution is 0.0899. The topological polar surface area (TPSA) is 118 Å². The number of hydrogen-bond donors (Lipinski definition) is 2. The average Bonchev–Trinajstić information content (AvgIpc) is 3.11. The van der Waals surface area contributed by atoms with Crippen LogP contribution in [0.5, 0.6) is 0 Å². The van der Waals surface area contributed by atoms with Crippen LogP contribution < -0.4 is 10.6 Å². The smallest absolute Gasteiger partial charge is 0.320 e. The summed E-state index contributed by atoms with van der Waals surface area (Å²) in [6.07, 6.45) is 4.81. The molecule has 3 rings (SSSR count). The number of nitrogens with zero attached hydrogens (tertiary/aromatic N) is 4. The normalized spacial score (nSPS) is 18.1. The number of piperidine rings is 1. The largest absolute Gasteiger partial charge is 0.361 e. The van der Waals surface area contributed by atoms with Gasteiger partial charge in [-0.2, -0.15) is 4.31 Å². The molecule has 196 valence electrons. The van der Waals surface area contributed by atoms with Gasteiger partial charge >= 0.3 is 6.03 Å². The Balaban J connectivity index is 1.54. The van der Waals surface area contributed by atoms with Crippen LogP contribution >= 0.6 is 0 Å². The zero-order valence-electron chi connectivity index (χ0n) is 21.8. The van der Waals surface area contributed by atoms with Gasteiger partial charge < -0.3 is 14.6 Å². The van der Waals surface area contributed by atoms with E-state index in [0.29, 0.717) is 36.7 Å². The van der Waals surface area contributed by atoms with Crippen LogP contribution in [0.2, 0.25) is 25.7 Å². The van der Waals surface area contributed by atoms with E-state index < -0.39 is 24.1 Å². The van der Waals surface area contributed by atoms with Crippen molar-refractivity contribution >= 4 is 41.1 Å². The molecule has 2 aromatic heterocycles. The van der Waals surface area contributed by atoms with E-state index >= 15 is 0 Å². The summed E-state index contributed by atoms with van der Waals surface area (Å²) >= 11 is 0. The molecular formula is C23H40N6O4SSi. The van der Waals surface area contributed by atoms with Crippen LogP contribution in [0, 0.1) is 5.41 Å². The minimum Gasteiger partial charge on any atom is -0.361 e. The first kappa shape index (κ1) is 27.6. The summed E-state index contributed by atoms with van der Waals surface area (Å²) in [5.41, 5.74) is 1.03. The SMILES string of the molecule is CC(C)(C)CS(=O)(=O)N1CCCC(NC(=O)Nc2cnc3c(ccn3COCC[Si](C)(C)C)n2)C1. The van der Waals surface area contributed by atoms with Gasteiger partial charge in [0.05, 0.1) is 11.9 Å². The van der Waals surface area contributed by atoms with Crippen molar-refractivity contribution in [2.45, 2.75) is 72.1 Å². The van der Waals surface area contributed by atoms with Gasteiger partial charge in [-0.15, -0.1) is 0 Å². The minimum atomic E-state index is -3.38. The first-order valence-electron chi connectivity index (χ1n) is 12.2. The Hall–Kier alpha value is -2.02. The van der Waals surface area contributed by atoms with Crippen molar-refractivity contribution in [3.8, 4) is 0 Å². The van der Waals surface area contributed by atoms with Crippen molar-refractivity contribution in [1.82, 2.24) is 24.2 Å². The molecule has 0 aromatic carbocycles. The summed E-state index contributed by atoms with van der Waals surface area (Å²) in [6, 6.07) is 2.26. The van der Waals surface area contributed by atoms with E-state index in [-0.39, 0.29) is 23.8 Å². The summed E-state index contributed by atoms with van der Waals surface area (Å²) in [6.45, 7) is 14.6. The van der Waals surface area contributed by atoms with Crippen LogP contribution in [-0.2, 0) is 21.5 Å². The number of hydrogen-bond acceptors (Lipinski definition) is 6. The number of amides is 2. The molecule has 2 N–H and O–H groups in total. The Bertz CT molecular complexity index is 1120. The van der Waals surface area contributed by atoms with Crippen LogP contribution in [0.25, 0.3) is 11.2 Å². The lowest BCUT2D eigenvalue weighted by Gasteiger charge is -2.34. The van der Waals surface area contributed by atoms with Crippen molar-refractivity contribution in [1.29, 1.82) is 0 Å². The molecule has 2 aromatic rings. The fraction of sp³-hybridized carbons (Fsp3) is 0.696. The predicted octanol–water partition coefficient (Wildman–Crippen LogP) is 3.71. The molecule has 12 heteroatoms. The van der Waals surface area contributed by atoms with E-state index in [1.807, 2.05) is 37.6 Å². The molecule has 1 fully saturated rings. The van der Waals surface area contributed by atoms with Crippen molar-refractivity contribution in [3.05, 3.63) is 18.5 Å². The van der Waals surface area contributed by atoms with Crippen molar-refractivity contribution in [2.75, 3.05) is 30.8 Å². The zero-order chi connectivity index (χ0) is 25.9. The molecule has 3 heterocycles. The van der Waals surface area contributed by atoms with Crippen LogP contribution in [0.4, 0.5) is 10.6 Å². The molecule has 1 unspecified atom stereocenters. The first-order valence-corrected chi connectivity index (χ1v) is 17.5.